The predicted octanol–water partition coefficient (Wildman–Crippen LogP) is 3.26. The van der Waals surface area contributed by atoms with Gasteiger partial charge in [-0.3, -0.25) is 14.6 Å². The van der Waals surface area contributed by atoms with Gasteiger partial charge in [0.15, 0.2) is 0 Å². The van der Waals surface area contributed by atoms with Gasteiger partial charge in [-0.1, -0.05) is 12.2 Å². The second-order valence-electron chi connectivity index (χ2n) is 7.74. The van der Waals surface area contributed by atoms with E-state index in [0.717, 1.165) is 56.2 Å². The van der Waals surface area contributed by atoms with Crippen molar-refractivity contribution in [1.82, 2.24) is 20.1 Å². The monoisotopic (exact) mass is 378 g/mol. The molecule has 1 saturated carbocycles. The van der Waals surface area contributed by atoms with E-state index in [9.17, 15) is 9.59 Å². The lowest BCUT2D eigenvalue weighted by Crippen LogP contribution is -2.42. The summed E-state index contributed by atoms with van der Waals surface area (Å²) in [6.07, 6.45) is 14.0. The number of aromatic nitrogens is 3. The third-order valence-corrected chi connectivity index (χ3v) is 5.81. The van der Waals surface area contributed by atoms with Crippen LogP contribution in [-0.4, -0.2) is 26.7 Å². The molecule has 1 amide bonds. The van der Waals surface area contributed by atoms with Gasteiger partial charge in [-0.05, 0) is 63.1 Å². The summed E-state index contributed by atoms with van der Waals surface area (Å²) in [6.45, 7) is 0. The normalized spacial score (nSPS) is 24.6. The Morgan fingerprint density at radius 2 is 1.93 bits per heavy atom. The molecule has 1 unspecified atom stereocenters. The first-order chi connectivity index (χ1) is 13.7. The van der Waals surface area contributed by atoms with Crippen molar-refractivity contribution in [3.05, 3.63) is 59.2 Å². The molecule has 1 N–H and O–H groups in total. The summed E-state index contributed by atoms with van der Waals surface area (Å²) in [5.41, 5.74) is 1.58. The zero-order chi connectivity index (χ0) is 19.3. The molecule has 6 heteroatoms. The Labute approximate surface area is 164 Å². The second-order valence-corrected chi connectivity index (χ2v) is 7.74. The third-order valence-electron chi connectivity index (χ3n) is 5.81. The van der Waals surface area contributed by atoms with Gasteiger partial charge in [0.1, 0.15) is 0 Å². The maximum atomic E-state index is 12.5. The van der Waals surface area contributed by atoms with Crippen LogP contribution in [0.25, 0.3) is 11.3 Å². The number of allylic oxidation sites excluding steroid dienone is 2. The fourth-order valence-corrected chi connectivity index (χ4v) is 4.17. The van der Waals surface area contributed by atoms with E-state index in [1.807, 2.05) is 12.1 Å². The summed E-state index contributed by atoms with van der Waals surface area (Å²) in [5, 5.41) is 7.82. The molecule has 2 aromatic rings. The van der Waals surface area contributed by atoms with Crippen molar-refractivity contribution in [3.8, 4) is 11.3 Å². The summed E-state index contributed by atoms with van der Waals surface area (Å²) in [7, 11) is 0. The summed E-state index contributed by atoms with van der Waals surface area (Å²) in [6, 6.07) is 7.42. The Kier molecular flexibility index (Phi) is 5.65. The average molecular weight is 378 g/mol. The fraction of sp³-hybridized carbons (Fsp3) is 0.455. The molecule has 0 saturated heterocycles. The summed E-state index contributed by atoms with van der Waals surface area (Å²) >= 11 is 0. The van der Waals surface area contributed by atoms with Crippen LogP contribution in [-0.2, 0) is 4.79 Å². The predicted molar refractivity (Wildman–Crippen MR) is 108 cm³/mol. The van der Waals surface area contributed by atoms with Gasteiger partial charge in [-0.15, -0.1) is 0 Å². The number of amides is 1. The van der Waals surface area contributed by atoms with Gasteiger partial charge in [0.05, 0.1) is 11.7 Å². The van der Waals surface area contributed by atoms with E-state index < -0.39 is 0 Å². The number of nitrogens with zero attached hydrogens (tertiary/aromatic N) is 3. The summed E-state index contributed by atoms with van der Waals surface area (Å²) in [4.78, 5) is 29.0. The van der Waals surface area contributed by atoms with Crippen molar-refractivity contribution < 1.29 is 4.79 Å². The molecule has 0 bridgehead atoms. The largest absolute Gasteiger partial charge is 0.353 e. The first-order valence-electron chi connectivity index (χ1n) is 10.2. The van der Waals surface area contributed by atoms with Crippen LogP contribution in [0, 0.1) is 5.92 Å². The molecule has 0 aromatic carbocycles. The molecule has 1 fully saturated rings. The number of hydrogen-bond donors (Lipinski definition) is 1. The van der Waals surface area contributed by atoms with Gasteiger partial charge in [0.2, 0.25) is 5.91 Å². The molecular weight excluding hydrogens is 352 g/mol. The first-order valence-corrected chi connectivity index (χ1v) is 10.2. The van der Waals surface area contributed by atoms with E-state index in [0.29, 0.717) is 0 Å². The molecule has 1 atom stereocenters. The minimum Gasteiger partial charge on any atom is -0.353 e. The van der Waals surface area contributed by atoms with Crippen molar-refractivity contribution in [2.75, 3.05) is 0 Å². The van der Waals surface area contributed by atoms with Gasteiger partial charge in [0, 0.05) is 36.0 Å². The number of nitrogens with one attached hydrogen (secondary N) is 1. The van der Waals surface area contributed by atoms with Gasteiger partial charge in [0.25, 0.3) is 5.56 Å². The van der Waals surface area contributed by atoms with Crippen LogP contribution in [0.1, 0.15) is 51.0 Å². The maximum Gasteiger partial charge on any atom is 0.267 e. The standard InChI is InChI=1S/C22H26N4O2/c27-21-13-12-20(17-7-4-14-23-15-17)25-26(21)19-10-8-18(9-11-19)24-22(28)16-5-2-1-3-6-16/h1-2,4,7,12-16,18-19H,3,5-6,8-11H2,(H,24,28). The van der Waals surface area contributed by atoms with Crippen LogP contribution in [0.4, 0.5) is 0 Å². The van der Waals surface area contributed by atoms with Crippen molar-refractivity contribution >= 4 is 5.91 Å². The zero-order valence-electron chi connectivity index (χ0n) is 16.0. The van der Waals surface area contributed by atoms with Gasteiger partial charge >= 0.3 is 0 Å². The Morgan fingerprint density at radius 3 is 2.64 bits per heavy atom. The second kappa shape index (κ2) is 8.50. The minimum atomic E-state index is -0.0749. The Balaban J connectivity index is 1.39. The van der Waals surface area contributed by atoms with Crippen molar-refractivity contribution in [1.29, 1.82) is 0 Å². The van der Waals surface area contributed by atoms with E-state index >= 15 is 0 Å². The average Bonchev–Trinajstić information content (AvgIpc) is 2.76. The number of pyridine rings is 1. The molecule has 2 aliphatic carbocycles. The first kappa shape index (κ1) is 18.6. The lowest BCUT2D eigenvalue weighted by Gasteiger charge is -2.31. The molecule has 6 nitrogen and oxygen atoms in total. The van der Waals surface area contributed by atoms with Crippen LogP contribution in [0.15, 0.2) is 53.6 Å². The zero-order valence-corrected chi connectivity index (χ0v) is 16.0. The lowest BCUT2D eigenvalue weighted by atomic mass is 9.89. The highest BCUT2D eigenvalue weighted by Crippen LogP contribution is 2.28. The van der Waals surface area contributed by atoms with Crippen molar-refractivity contribution in [2.45, 2.75) is 57.0 Å². The Morgan fingerprint density at radius 1 is 1.07 bits per heavy atom. The van der Waals surface area contributed by atoms with E-state index in [4.69, 9.17) is 0 Å². The Bertz CT molecular complexity index is 898. The van der Waals surface area contributed by atoms with Crippen LogP contribution in [0.3, 0.4) is 0 Å². The molecule has 4 rings (SSSR count). The molecule has 2 aliphatic rings. The molecule has 0 spiro atoms. The topological polar surface area (TPSA) is 76.9 Å². The van der Waals surface area contributed by atoms with E-state index in [1.54, 1.807) is 29.2 Å². The number of carbonyl (C=O) groups is 1. The molecule has 2 aromatic heterocycles. The SMILES string of the molecule is O=C(NC1CCC(n2nc(-c3cccnc3)ccc2=O)CC1)C1CC=CCC1. The molecule has 146 valence electrons. The van der Waals surface area contributed by atoms with Crippen molar-refractivity contribution in [3.63, 3.8) is 0 Å². The fourth-order valence-electron chi connectivity index (χ4n) is 4.17. The summed E-state index contributed by atoms with van der Waals surface area (Å²) in [5.74, 6) is 0.296. The highest BCUT2D eigenvalue weighted by molar-refractivity contribution is 5.79. The maximum absolute atomic E-state index is 12.5. The van der Waals surface area contributed by atoms with Gasteiger partial charge in [-0.2, -0.15) is 5.10 Å². The molecular formula is C22H26N4O2. The molecule has 28 heavy (non-hydrogen) atoms. The molecule has 0 aliphatic heterocycles. The highest BCUT2D eigenvalue weighted by Gasteiger charge is 2.27. The molecule has 2 heterocycles. The highest BCUT2D eigenvalue weighted by atomic mass is 16.2. The molecule has 0 radical (unpaired) electrons. The smallest absolute Gasteiger partial charge is 0.267 e. The van der Waals surface area contributed by atoms with E-state index in [-0.39, 0.29) is 29.5 Å². The van der Waals surface area contributed by atoms with Gasteiger partial charge < -0.3 is 5.32 Å². The quantitative estimate of drug-likeness (QED) is 0.829. The minimum absolute atomic E-state index is 0.0749. The third kappa shape index (κ3) is 4.21. The van der Waals surface area contributed by atoms with Crippen LogP contribution in [0.2, 0.25) is 0 Å². The van der Waals surface area contributed by atoms with Crippen molar-refractivity contribution in [2.24, 2.45) is 5.92 Å². The lowest BCUT2D eigenvalue weighted by molar-refractivity contribution is -0.126. The van der Waals surface area contributed by atoms with E-state index in [2.05, 4.69) is 27.6 Å². The van der Waals surface area contributed by atoms with Gasteiger partial charge in [-0.25, -0.2) is 4.68 Å². The number of rotatable bonds is 4. The number of hydrogen-bond acceptors (Lipinski definition) is 4. The Hall–Kier alpha value is -2.76. The summed E-state index contributed by atoms with van der Waals surface area (Å²) < 4.78 is 1.62. The number of carbonyl (C=O) groups excluding carboxylic acids is 1. The van der Waals surface area contributed by atoms with Crippen LogP contribution in [0.5, 0.6) is 0 Å². The van der Waals surface area contributed by atoms with E-state index in [1.165, 1.54) is 0 Å². The van der Waals surface area contributed by atoms with Crippen LogP contribution < -0.4 is 10.9 Å². The van der Waals surface area contributed by atoms with Crippen LogP contribution >= 0.6 is 0 Å².